The maximum Gasteiger partial charge on any atom is 0.0841 e. The van der Waals surface area contributed by atoms with E-state index >= 15 is 0 Å². The van der Waals surface area contributed by atoms with Crippen LogP contribution in [0.3, 0.4) is 0 Å². The molecule has 0 radical (unpaired) electrons. The lowest BCUT2D eigenvalue weighted by molar-refractivity contribution is -0.0250. The first-order valence-electron chi connectivity index (χ1n) is 4.03. The van der Waals surface area contributed by atoms with Gasteiger partial charge < -0.3 is 0 Å². The second-order valence-corrected chi connectivity index (χ2v) is 4.29. The monoisotopic (exact) mass is 185 g/mol. The summed E-state index contributed by atoms with van der Waals surface area (Å²) < 4.78 is 0. The van der Waals surface area contributed by atoms with E-state index < -0.39 is 0 Å². The molecule has 0 saturated carbocycles. The minimum absolute atomic E-state index is 0.206. The van der Waals surface area contributed by atoms with Crippen LogP contribution in [0.25, 0.3) is 0 Å². The Morgan fingerprint density at radius 2 is 2.33 bits per heavy atom. The summed E-state index contributed by atoms with van der Waals surface area (Å²) in [5.41, 5.74) is 1.16. The predicted molar refractivity (Wildman–Crippen MR) is 52.0 cm³/mol. The zero-order chi connectivity index (χ0) is 9.03. The molecule has 0 aliphatic rings. The van der Waals surface area contributed by atoms with Gasteiger partial charge in [0.15, 0.2) is 0 Å². The number of thiophene rings is 1. The van der Waals surface area contributed by atoms with Gasteiger partial charge in [0.25, 0.3) is 0 Å². The lowest BCUT2D eigenvalue weighted by Crippen LogP contribution is -2.28. The molecular formula is C9H15NOS. The van der Waals surface area contributed by atoms with Crippen molar-refractivity contribution in [1.29, 1.82) is 0 Å². The first kappa shape index (κ1) is 9.71. The molecule has 1 rings (SSSR count). The van der Waals surface area contributed by atoms with E-state index in [1.54, 1.807) is 11.3 Å². The molecule has 0 amide bonds. The molecule has 0 fully saturated rings. The van der Waals surface area contributed by atoms with Gasteiger partial charge in [-0.3, -0.25) is 4.84 Å². The molecule has 0 bridgehead atoms. The maximum absolute atomic E-state index is 5.15. The predicted octanol–water partition coefficient (Wildman–Crippen LogP) is 2.35. The number of hydrogen-bond donors (Lipinski definition) is 1. The molecule has 0 atom stereocenters. The summed E-state index contributed by atoms with van der Waals surface area (Å²) >= 11 is 1.73. The van der Waals surface area contributed by atoms with E-state index in [1.807, 2.05) is 13.8 Å². The minimum Gasteiger partial charge on any atom is -0.299 e. The normalized spacial score (nSPS) is 11.9. The molecule has 0 spiro atoms. The summed E-state index contributed by atoms with van der Waals surface area (Å²) in [6, 6.07) is 2.14. The third-order valence-electron chi connectivity index (χ3n) is 1.91. The SMILES string of the molecule is CC(C)(CCc1ccsc1)ON. The van der Waals surface area contributed by atoms with E-state index in [4.69, 9.17) is 10.7 Å². The fourth-order valence-electron chi connectivity index (χ4n) is 0.939. The van der Waals surface area contributed by atoms with Crippen molar-refractivity contribution >= 4 is 11.3 Å². The first-order chi connectivity index (χ1) is 5.64. The molecule has 1 aromatic heterocycles. The standard InChI is InChI=1S/C9H15NOS/c1-9(2,11-10)5-3-8-4-6-12-7-8/h4,6-7H,3,5,10H2,1-2H3. The summed E-state index contributed by atoms with van der Waals surface area (Å²) in [4.78, 5) is 4.84. The van der Waals surface area contributed by atoms with Crippen LogP contribution in [0.1, 0.15) is 25.8 Å². The van der Waals surface area contributed by atoms with Gasteiger partial charge in [0, 0.05) is 0 Å². The Morgan fingerprint density at radius 3 is 2.83 bits per heavy atom. The van der Waals surface area contributed by atoms with E-state index in [9.17, 15) is 0 Å². The fourth-order valence-corrected chi connectivity index (χ4v) is 1.64. The Hall–Kier alpha value is -0.380. The Balaban J connectivity index is 2.36. The van der Waals surface area contributed by atoms with Crippen LogP contribution in [0, 0.1) is 0 Å². The minimum atomic E-state index is -0.206. The van der Waals surface area contributed by atoms with E-state index in [-0.39, 0.29) is 5.60 Å². The lowest BCUT2D eigenvalue weighted by Gasteiger charge is -2.20. The molecule has 2 N–H and O–H groups in total. The molecule has 12 heavy (non-hydrogen) atoms. The number of hydrogen-bond acceptors (Lipinski definition) is 3. The van der Waals surface area contributed by atoms with Crippen molar-refractivity contribution in [3.8, 4) is 0 Å². The summed E-state index contributed by atoms with van der Waals surface area (Å²) in [6.45, 7) is 4.00. The van der Waals surface area contributed by atoms with Crippen molar-refractivity contribution in [3.63, 3.8) is 0 Å². The summed E-state index contributed by atoms with van der Waals surface area (Å²) in [5.74, 6) is 5.15. The molecule has 1 heterocycles. The van der Waals surface area contributed by atoms with Gasteiger partial charge in [-0.05, 0) is 49.1 Å². The van der Waals surface area contributed by atoms with Gasteiger partial charge in [0.05, 0.1) is 5.60 Å². The average molecular weight is 185 g/mol. The van der Waals surface area contributed by atoms with Gasteiger partial charge in [-0.2, -0.15) is 11.3 Å². The molecule has 3 heteroatoms. The first-order valence-corrected chi connectivity index (χ1v) is 4.97. The number of rotatable bonds is 4. The zero-order valence-electron chi connectivity index (χ0n) is 7.54. The average Bonchev–Trinajstić information content (AvgIpc) is 2.53. The van der Waals surface area contributed by atoms with Crippen LogP contribution < -0.4 is 5.90 Å². The molecule has 2 nitrogen and oxygen atoms in total. The van der Waals surface area contributed by atoms with Crippen molar-refractivity contribution in [2.45, 2.75) is 32.3 Å². The Kier molecular flexibility index (Phi) is 3.26. The van der Waals surface area contributed by atoms with Crippen molar-refractivity contribution in [1.82, 2.24) is 0 Å². The van der Waals surface area contributed by atoms with Crippen LogP contribution in [0.15, 0.2) is 16.8 Å². The molecule has 1 aromatic rings. The largest absolute Gasteiger partial charge is 0.299 e. The molecule has 0 unspecified atom stereocenters. The van der Waals surface area contributed by atoms with Gasteiger partial charge >= 0.3 is 0 Å². The molecule has 0 aliphatic carbocycles. The van der Waals surface area contributed by atoms with Crippen LogP contribution in [0.2, 0.25) is 0 Å². The van der Waals surface area contributed by atoms with E-state index in [2.05, 4.69) is 16.8 Å². The zero-order valence-corrected chi connectivity index (χ0v) is 8.36. The van der Waals surface area contributed by atoms with Crippen LogP contribution in [0.4, 0.5) is 0 Å². The second-order valence-electron chi connectivity index (χ2n) is 3.51. The van der Waals surface area contributed by atoms with Crippen molar-refractivity contribution in [2.75, 3.05) is 0 Å². The van der Waals surface area contributed by atoms with Crippen molar-refractivity contribution in [3.05, 3.63) is 22.4 Å². The highest BCUT2D eigenvalue weighted by molar-refractivity contribution is 7.07. The van der Waals surface area contributed by atoms with Crippen LogP contribution in [-0.2, 0) is 11.3 Å². The quantitative estimate of drug-likeness (QED) is 0.731. The summed E-state index contributed by atoms with van der Waals surface area (Å²) in [7, 11) is 0. The van der Waals surface area contributed by atoms with Gasteiger partial charge in [-0.1, -0.05) is 0 Å². The van der Waals surface area contributed by atoms with E-state index in [0.717, 1.165) is 12.8 Å². The van der Waals surface area contributed by atoms with Gasteiger partial charge in [0.2, 0.25) is 0 Å². The number of nitrogens with two attached hydrogens (primary N) is 1. The molecule has 0 aromatic carbocycles. The molecule has 0 saturated heterocycles. The van der Waals surface area contributed by atoms with Gasteiger partial charge in [0.1, 0.15) is 0 Å². The van der Waals surface area contributed by atoms with Gasteiger partial charge in [-0.15, -0.1) is 0 Å². The Morgan fingerprint density at radius 1 is 1.58 bits per heavy atom. The summed E-state index contributed by atoms with van der Waals surface area (Å²) in [5, 5.41) is 4.25. The fraction of sp³-hybridized carbons (Fsp3) is 0.556. The highest BCUT2D eigenvalue weighted by Gasteiger charge is 2.16. The second kappa shape index (κ2) is 4.03. The van der Waals surface area contributed by atoms with Crippen LogP contribution >= 0.6 is 11.3 Å². The highest BCUT2D eigenvalue weighted by atomic mass is 32.1. The molecule has 68 valence electrons. The van der Waals surface area contributed by atoms with Crippen molar-refractivity contribution < 1.29 is 4.84 Å². The third-order valence-corrected chi connectivity index (χ3v) is 2.65. The smallest absolute Gasteiger partial charge is 0.0841 e. The third kappa shape index (κ3) is 2.93. The molecule has 0 aliphatic heterocycles. The Labute approximate surface area is 77.3 Å². The van der Waals surface area contributed by atoms with Crippen LogP contribution in [0.5, 0.6) is 0 Å². The van der Waals surface area contributed by atoms with Crippen LogP contribution in [-0.4, -0.2) is 5.60 Å². The highest BCUT2D eigenvalue weighted by Crippen LogP contribution is 2.17. The number of aryl methyl sites for hydroxylation is 1. The van der Waals surface area contributed by atoms with E-state index in [0.29, 0.717) is 0 Å². The van der Waals surface area contributed by atoms with E-state index in [1.165, 1.54) is 5.56 Å². The van der Waals surface area contributed by atoms with Gasteiger partial charge in [-0.25, -0.2) is 5.90 Å². The topological polar surface area (TPSA) is 35.2 Å². The maximum atomic E-state index is 5.15. The summed E-state index contributed by atoms with van der Waals surface area (Å²) in [6.07, 6.45) is 1.99. The van der Waals surface area contributed by atoms with Crippen molar-refractivity contribution in [2.24, 2.45) is 5.90 Å². The Bertz CT molecular complexity index is 218. The lowest BCUT2D eigenvalue weighted by atomic mass is 10.0. The molecular weight excluding hydrogens is 170 g/mol.